The molecule has 0 aromatic heterocycles. The van der Waals surface area contributed by atoms with E-state index in [1.54, 1.807) is 12.0 Å². The van der Waals surface area contributed by atoms with E-state index >= 15 is 0 Å². The number of ether oxygens (including phenoxy) is 1. The zero-order valence-corrected chi connectivity index (χ0v) is 13.7. The number of carbonyl (C=O) groups excluding carboxylic acids is 3. The molecule has 24 heavy (non-hydrogen) atoms. The summed E-state index contributed by atoms with van der Waals surface area (Å²) in [5.74, 6) is -0.272. The normalized spacial score (nSPS) is 19.1. The fourth-order valence-electron chi connectivity index (χ4n) is 3.03. The number of carbonyl (C=O) groups is 3. The Labute approximate surface area is 140 Å². The number of amides is 3. The van der Waals surface area contributed by atoms with Gasteiger partial charge in [-0.2, -0.15) is 0 Å². The highest BCUT2D eigenvalue weighted by molar-refractivity contribution is 6.08. The molecule has 0 bridgehead atoms. The van der Waals surface area contributed by atoms with Crippen molar-refractivity contribution in [3.8, 4) is 5.75 Å². The number of primary amides is 1. The standard InChI is InChI=1S/C17H21N3O4/c1-24-13-4-2-3-12(9-13)10-19-7-8-20(11-14(19)21)16(23)17(5-6-17)15(18)22/h2-4,9H,5-8,10-11H2,1H3,(H2,18,22). The predicted molar refractivity (Wildman–Crippen MR) is 85.9 cm³/mol. The van der Waals surface area contributed by atoms with Gasteiger partial charge in [-0.05, 0) is 30.5 Å². The second-order valence-electron chi connectivity index (χ2n) is 6.34. The summed E-state index contributed by atoms with van der Waals surface area (Å²) < 4.78 is 5.19. The first kappa shape index (κ1) is 16.3. The zero-order valence-electron chi connectivity index (χ0n) is 13.7. The smallest absolute Gasteiger partial charge is 0.242 e. The first-order valence-corrected chi connectivity index (χ1v) is 7.96. The van der Waals surface area contributed by atoms with Gasteiger partial charge < -0.3 is 20.3 Å². The van der Waals surface area contributed by atoms with Crippen LogP contribution in [0.1, 0.15) is 18.4 Å². The van der Waals surface area contributed by atoms with Crippen LogP contribution >= 0.6 is 0 Å². The van der Waals surface area contributed by atoms with Gasteiger partial charge in [0, 0.05) is 19.6 Å². The summed E-state index contributed by atoms with van der Waals surface area (Å²) in [6.07, 6.45) is 0.971. The lowest BCUT2D eigenvalue weighted by Gasteiger charge is -2.35. The minimum Gasteiger partial charge on any atom is -0.497 e. The predicted octanol–water partition coefficient (Wildman–Crippen LogP) is 0.132. The van der Waals surface area contributed by atoms with Crippen LogP contribution in [0.3, 0.4) is 0 Å². The van der Waals surface area contributed by atoms with Gasteiger partial charge in [0.2, 0.25) is 17.7 Å². The van der Waals surface area contributed by atoms with Crippen LogP contribution in [0.2, 0.25) is 0 Å². The van der Waals surface area contributed by atoms with E-state index in [1.165, 1.54) is 4.90 Å². The Bertz CT molecular complexity index is 684. The van der Waals surface area contributed by atoms with Crippen molar-refractivity contribution >= 4 is 17.7 Å². The Kier molecular flexibility index (Phi) is 4.17. The molecule has 2 aliphatic rings. The number of hydrogen-bond donors (Lipinski definition) is 1. The molecule has 0 atom stereocenters. The van der Waals surface area contributed by atoms with Crippen LogP contribution in [0, 0.1) is 5.41 Å². The number of piperazine rings is 1. The molecule has 1 aliphatic carbocycles. The number of benzene rings is 1. The number of hydrogen-bond acceptors (Lipinski definition) is 4. The number of rotatable bonds is 5. The monoisotopic (exact) mass is 331 g/mol. The summed E-state index contributed by atoms with van der Waals surface area (Å²) in [6, 6.07) is 7.54. The maximum atomic E-state index is 12.5. The first-order valence-electron chi connectivity index (χ1n) is 7.96. The molecule has 7 nitrogen and oxygen atoms in total. The molecule has 3 rings (SSSR count). The van der Waals surface area contributed by atoms with Gasteiger partial charge in [0.1, 0.15) is 11.2 Å². The summed E-state index contributed by atoms with van der Waals surface area (Å²) >= 11 is 0. The summed E-state index contributed by atoms with van der Waals surface area (Å²) in [5.41, 5.74) is 5.25. The average Bonchev–Trinajstić information content (AvgIpc) is 3.38. The van der Waals surface area contributed by atoms with Crippen LogP contribution in [0.15, 0.2) is 24.3 Å². The van der Waals surface area contributed by atoms with E-state index in [0.29, 0.717) is 32.5 Å². The van der Waals surface area contributed by atoms with Gasteiger partial charge in [-0.25, -0.2) is 0 Å². The van der Waals surface area contributed by atoms with E-state index in [-0.39, 0.29) is 18.4 Å². The highest BCUT2D eigenvalue weighted by atomic mass is 16.5. The largest absolute Gasteiger partial charge is 0.497 e. The van der Waals surface area contributed by atoms with Gasteiger partial charge in [-0.3, -0.25) is 14.4 Å². The van der Waals surface area contributed by atoms with Crippen molar-refractivity contribution in [1.82, 2.24) is 9.80 Å². The number of methoxy groups -OCH3 is 1. The van der Waals surface area contributed by atoms with Gasteiger partial charge in [-0.1, -0.05) is 12.1 Å². The molecule has 1 heterocycles. The average molecular weight is 331 g/mol. The Morgan fingerprint density at radius 3 is 2.62 bits per heavy atom. The highest BCUT2D eigenvalue weighted by Gasteiger charge is 2.57. The first-order chi connectivity index (χ1) is 11.5. The molecule has 2 fully saturated rings. The second-order valence-corrected chi connectivity index (χ2v) is 6.34. The topological polar surface area (TPSA) is 92.9 Å². The molecule has 7 heteroatoms. The molecule has 1 aromatic rings. The lowest BCUT2D eigenvalue weighted by atomic mass is 10.0. The Morgan fingerprint density at radius 1 is 1.29 bits per heavy atom. The summed E-state index contributed by atoms with van der Waals surface area (Å²) in [5, 5.41) is 0. The van der Waals surface area contributed by atoms with E-state index in [2.05, 4.69) is 0 Å². The van der Waals surface area contributed by atoms with Crippen molar-refractivity contribution in [1.29, 1.82) is 0 Å². The van der Waals surface area contributed by atoms with Crippen LogP contribution < -0.4 is 10.5 Å². The third kappa shape index (κ3) is 2.93. The maximum Gasteiger partial charge on any atom is 0.242 e. The van der Waals surface area contributed by atoms with E-state index in [4.69, 9.17) is 10.5 Å². The minimum atomic E-state index is -1.06. The van der Waals surface area contributed by atoms with Gasteiger partial charge in [0.25, 0.3) is 0 Å². The fourth-order valence-corrected chi connectivity index (χ4v) is 3.03. The molecule has 0 spiro atoms. The van der Waals surface area contributed by atoms with Crippen LogP contribution in [0.5, 0.6) is 5.75 Å². The van der Waals surface area contributed by atoms with Crippen molar-refractivity contribution in [2.75, 3.05) is 26.7 Å². The van der Waals surface area contributed by atoms with Crippen LogP contribution in [0.4, 0.5) is 0 Å². The molecule has 0 radical (unpaired) electrons. The summed E-state index contributed by atoms with van der Waals surface area (Å²) in [7, 11) is 1.60. The molecule has 3 amide bonds. The fraction of sp³-hybridized carbons (Fsp3) is 0.471. The van der Waals surface area contributed by atoms with Crippen LogP contribution in [-0.2, 0) is 20.9 Å². The minimum absolute atomic E-state index is 0.00215. The van der Waals surface area contributed by atoms with Crippen molar-refractivity contribution in [2.24, 2.45) is 11.1 Å². The van der Waals surface area contributed by atoms with E-state index in [1.807, 2.05) is 24.3 Å². The van der Waals surface area contributed by atoms with E-state index < -0.39 is 11.3 Å². The third-order valence-electron chi connectivity index (χ3n) is 4.74. The lowest BCUT2D eigenvalue weighted by Crippen LogP contribution is -2.55. The lowest BCUT2D eigenvalue weighted by molar-refractivity contribution is -0.151. The van der Waals surface area contributed by atoms with Crippen molar-refractivity contribution in [3.05, 3.63) is 29.8 Å². The molecule has 1 saturated carbocycles. The molecule has 1 saturated heterocycles. The third-order valence-corrected chi connectivity index (χ3v) is 4.74. The van der Waals surface area contributed by atoms with Gasteiger partial charge in [-0.15, -0.1) is 0 Å². The Morgan fingerprint density at radius 2 is 2.04 bits per heavy atom. The van der Waals surface area contributed by atoms with Gasteiger partial charge in [0.05, 0.1) is 13.7 Å². The molecule has 1 aromatic carbocycles. The van der Waals surface area contributed by atoms with Crippen LogP contribution in [0.25, 0.3) is 0 Å². The van der Waals surface area contributed by atoms with E-state index in [9.17, 15) is 14.4 Å². The van der Waals surface area contributed by atoms with Gasteiger partial charge in [0.15, 0.2) is 0 Å². The Hall–Kier alpha value is -2.57. The van der Waals surface area contributed by atoms with E-state index in [0.717, 1.165) is 11.3 Å². The summed E-state index contributed by atoms with van der Waals surface area (Å²) in [4.78, 5) is 39.5. The molecule has 1 aliphatic heterocycles. The Balaban J connectivity index is 1.62. The van der Waals surface area contributed by atoms with Crippen molar-refractivity contribution < 1.29 is 19.1 Å². The molecule has 2 N–H and O–H groups in total. The molecule has 0 unspecified atom stereocenters. The SMILES string of the molecule is COc1cccc(CN2CCN(C(=O)C3(C(N)=O)CC3)CC2=O)c1. The summed E-state index contributed by atoms with van der Waals surface area (Å²) in [6.45, 7) is 1.33. The van der Waals surface area contributed by atoms with Crippen molar-refractivity contribution in [3.63, 3.8) is 0 Å². The highest BCUT2D eigenvalue weighted by Crippen LogP contribution is 2.47. The van der Waals surface area contributed by atoms with Gasteiger partial charge >= 0.3 is 0 Å². The molecule has 128 valence electrons. The maximum absolute atomic E-state index is 12.5. The van der Waals surface area contributed by atoms with Crippen molar-refractivity contribution in [2.45, 2.75) is 19.4 Å². The quantitative estimate of drug-likeness (QED) is 0.776. The van der Waals surface area contributed by atoms with Crippen LogP contribution in [-0.4, -0.2) is 54.3 Å². The second kappa shape index (κ2) is 6.14. The number of nitrogens with zero attached hydrogens (tertiary/aromatic N) is 2. The zero-order chi connectivity index (χ0) is 17.3. The number of nitrogens with two attached hydrogens (primary N) is 1. The molecular formula is C17H21N3O4. The molecular weight excluding hydrogens is 310 g/mol.